The molecule has 1 saturated heterocycles. The second-order valence-electron chi connectivity index (χ2n) is 6.00. The largest absolute Gasteiger partial charge is 0.345 e. The summed E-state index contributed by atoms with van der Waals surface area (Å²) >= 11 is 7.60. The number of sulfonamides is 1. The van der Waals surface area contributed by atoms with Gasteiger partial charge in [-0.3, -0.25) is 4.79 Å². The maximum Gasteiger partial charge on any atom is 0.238 e. The molecule has 0 bridgehead atoms. The van der Waals surface area contributed by atoms with Crippen LogP contribution in [0.25, 0.3) is 10.2 Å². The number of amides is 1. The van der Waals surface area contributed by atoms with Gasteiger partial charge in [-0.25, -0.2) is 13.4 Å². The lowest BCUT2D eigenvalue weighted by molar-refractivity contribution is -0.131. The molecule has 0 aliphatic carbocycles. The molecule has 25 heavy (non-hydrogen) atoms. The number of carbonyl (C=O) groups is 1. The van der Waals surface area contributed by atoms with Crippen molar-refractivity contribution in [1.29, 1.82) is 0 Å². The first-order chi connectivity index (χ1) is 11.7. The molecule has 2 aromatic rings. The Labute approximate surface area is 155 Å². The molecule has 10 heteroatoms. The lowest BCUT2D eigenvalue weighted by Crippen LogP contribution is -2.51. The minimum absolute atomic E-state index is 0.127. The van der Waals surface area contributed by atoms with E-state index in [4.69, 9.17) is 11.6 Å². The molecule has 2 heterocycles. The Hall–Kier alpha value is -1.42. The number of hydrogen-bond donors (Lipinski definition) is 0. The zero-order chi connectivity index (χ0) is 18.2. The number of rotatable bonds is 4. The summed E-state index contributed by atoms with van der Waals surface area (Å²) in [6, 6.07) is 5.62. The van der Waals surface area contributed by atoms with Crippen molar-refractivity contribution in [2.24, 2.45) is 0 Å². The summed E-state index contributed by atoms with van der Waals surface area (Å²) in [6.07, 6.45) is 1.09. The minimum Gasteiger partial charge on any atom is -0.345 e. The molecule has 0 spiro atoms. The fourth-order valence-electron chi connectivity index (χ4n) is 2.58. The van der Waals surface area contributed by atoms with Crippen molar-refractivity contribution in [1.82, 2.24) is 14.2 Å². The Bertz CT molecular complexity index is 891. The first kappa shape index (κ1) is 18.4. The third-order valence-corrected chi connectivity index (χ3v) is 6.74. The summed E-state index contributed by atoms with van der Waals surface area (Å²) in [4.78, 5) is 20.7. The van der Waals surface area contributed by atoms with E-state index < -0.39 is 10.0 Å². The Morgan fingerprint density at radius 1 is 1.32 bits per heavy atom. The zero-order valence-corrected chi connectivity index (χ0v) is 16.4. The van der Waals surface area contributed by atoms with Gasteiger partial charge in [0.1, 0.15) is 0 Å². The first-order valence-electron chi connectivity index (χ1n) is 7.74. The summed E-state index contributed by atoms with van der Waals surface area (Å²) in [5.74, 6) is -0.177. The van der Waals surface area contributed by atoms with Crippen molar-refractivity contribution in [2.45, 2.75) is 0 Å². The lowest BCUT2D eigenvalue weighted by Gasteiger charge is -2.35. The van der Waals surface area contributed by atoms with Gasteiger partial charge in [-0.1, -0.05) is 22.9 Å². The van der Waals surface area contributed by atoms with Crippen LogP contribution in [-0.2, 0) is 14.8 Å². The number of nitrogens with zero attached hydrogens (tertiary/aromatic N) is 4. The Kier molecular flexibility index (Phi) is 5.19. The van der Waals surface area contributed by atoms with Gasteiger partial charge in [0.15, 0.2) is 5.13 Å². The van der Waals surface area contributed by atoms with Crippen molar-refractivity contribution < 1.29 is 13.2 Å². The highest BCUT2D eigenvalue weighted by molar-refractivity contribution is 7.88. The second kappa shape index (κ2) is 7.06. The van der Waals surface area contributed by atoms with E-state index >= 15 is 0 Å². The maximum absolute atomic E-state index is 12.3. The van der Waals surface area contributed by atoms with E-state index in [1.54, 1.807) is 16.2 Å². The van der Waals surface area contributed by atoms with Crippen molar-refractivity contribution >= 4 is 54.2 Å². The molecule has 1 amide bonds. The van der Waals surface area contributed by atoms with Crippen molar-refractivity contribution in [2.75, 3.05) is 50.9 Å². The second-order valence-corrected chi connectivity index (χ2v) is 9.53. The van der Waals surface area contributed by atoms with E-state index in [1.165, 1.54) is 7.05 Å². The summed E-state index contributed by atoms with van der Waals surface area (Å²) < 4.78 is 25.0. The molecule has 0 N–H and O–H groups in total. The topological polar surface area (TPSA) is 73.8 Å². The van der Waals surface area contributed by atoms with Gasteiger partial charge in [0.25, 0.3) is 0 Å². The highest BCUT2D eigenvalue weighted by Crippen LogP contribution is 2.31. The van der Waals surface area contributed by atoms with E-state index in [2.05, 4.69) is 9.88 Å². The van der Waals surface area contributed by atoms with E-state index in [0.717, 1.165) is 25.9 Å². The molecule has 1 aliphatic heterocycles. The van der Waals surface area contributed by atoms with E-state index in [-0.39, 0.29) is 12.5 Å². The molecule has 3 rings (SSSR count). The average molecular weight is 403 g/mol. The first-order valence-corrected chi connectivity index (χ1v) is 10.8. The smallest absolute Gasteiger partial charge is 0.238 e. The van der Waals surface area contributed by atoms with Crippen molar-refractivity contribution in [3.63, 3.8) is 0 Å². The molecular formula is C15H19ClN4O3S2. The lowest BCUT2D eigenvalue weighted by atomic mass is 10.3. The number of thiazole rings is 1. The van der Waals surface area contributed by atoms with Gasteiger partial charge in [0.05, 0.1) is 23.0 Å². The molecule has 7 nitrogen and oxygen atoms in total. The molecule has 0 saturated carbocycles. The number of anilines is 1. The number of benzene rings is 1. The summed E-state index contributed by atoms with van der Waals surface area (Å²) in [7, 11) is -1.94. The third-order valence-electron chi connectivity index (χ3n) is 4.17. The molecule has 0 unspecified atom stereocenters. The standard InChI is InChI=1S/C15H19ClN4O3S2/c1-18(25(2,22)23)10-14(21)19-5-7-20(8-6-19)15-17-12-4-3-11(16)9-13(12)24-15/h3-4,9H,5-8,10H2,1-2H3. The number of aromatic nitrogens is 1. The summed E-state index contributed by atoms with van der Waals surface area (Å²) in [6.45, 7) is 2.31. The molecule has 0 atom stereocenters. The van der Waals surface area contributed by atoms with Crippen LogP contribution in [0.5, 0.6) is 0 Å². The highest BCUT2D eigenvalue weighted by atomic mass is 35.5. The van der Waals surface area contributed by atoms with Crippen molar-refractivity contribution in [3.05, 3.63) is 23.2 Å². The van der Waals surface area contributed by atoms with Gasteiger partial charge in [-0.05, 0) is 18.2 Å². The number of likely N-dealkylation sites (N-methyl/N-ethyl adjacent to an activating group) is 1. The van der Waals surface area contributed by atoms with Gasteiger partial charge in [0, 0.05) is 38.2 Å². The van der Waals surface area contributed by atoms with Gasteiger partial charge < -0.3 is 9.80 Å². The van der Waals surface area contributed by atoms with Crippen LogP contribution in [0.2, 0.25) is 5.02 Å². The van der Waals surface area contributed by atoms with Crippen LogP contribution >= 0.6 is 22.9 Å². The average Bonchev–Trinajstić information content (AvgIpc) is 2.97. The molecule has 0 radical (unpaired) electrons. The van der Waals surface area contributed by atoms with Crippen LogP contribution in [0.1, 0.15) is 0 Å². The zero-order valence-electron chi connectivity index (χ0n) is 14.0. The summed E-state index contributed by atoms with van der Waals surface area (Å²) in [5, 5.41) is 1.60. The predicted octanol–water partition coefficient (Wildman–Crippen LogP) is 1.49. The van der Waals surface area contributed by atoms with Crippen LogP contribution in [0, 0.1) is 0 Å². The van der Waals surface area contributed by atoms with Gasteiger partial charge in [0.2, 0.25) is 15.9 Å². The highest BCUT2D eigenvalue weighted by Gasteiger charge is 2.25. The van der Waals surface area contributed by atoms with Gasteiger partial charge in [-0.2, -0.15) is 4.31 Å². The van der Waals surface area contributed by atoms with Crippen LogP contribution in [0.15, 0.2) is 18.2 Å². The third kappa shape index (κ3) is 4.22. The normalized spacial score (nSPS) is 16.0. The molecule has 1 aliphatic rings. The summed E-state index contributed by atoms with van der Waals surface area (Å²) in [5.41, 5.74) is 0.915. The predicted molar refractivity (Wildman–Crippen MR) is 101 cm³/mol. The number of carbonyl (C=O) groups excluding carboxylic acids is 1. The van der Waals surface area contributed by atoms with E-state index in [1.807, 2.05) is 18.2 Å². The Balaban J connectivity index is 1.62. The van der Waals surface area contributed by atoms with Crippen LogP contribution in [0.3, 0.4) is 0 Å². The maximum atomic E-state index is 12.3. The monoisotopic (exact) mass is 402 g/mol. The molecule has 1 aromatic carbocycles. The number of hydrogen-bond acceptors (Lipinski definition) is 6. The van der Waals surface area contributed by atoms with E-state index in [0.29, 0.717) is 31.2 Å². The minimum atomic E-state index is -3.35. The quantitative estimate of drug-likeness (QED) is 0.774. The fourth-order valence-corrected chi connectivity index (χ4v) is 4.21. The van der Waals surface area contributed by atoms with E-state index in [9.17, 15) is 13.2 Å². The fraction of sp³-hybridized carbons (Fsp3) is 0.467. The van der Waals surface area contributed by atoms with Crippen LogP contribution < -0.4 is 4.90 Å². The number of fused-ring (bicyclic) bond motifs is 1. The Morgan fingerprint density at radius 3 is 2.64 bits per heavy atom. The van der Waals surface area contributed by atoms with Crippen molar-refractivity contribution in [3.8, 4) is 0 Å². The Morgan fingerprint density at radius 2 is 2.00 bits per heavy atom. The van der Waals surface area contributed by atoms with Crippen LogP contribution in [-0.4, -0.2) is 74.5 Å². The number of piperazine rings is 1. The molecular weight excluding hydrogens is 384 g/mol. The van der Waals surface area contributed by atoms with Crippen LogP contribution in [0.4, 0.5) is 5.13 Å². The number of halogens is 1. The molecule has 1 fully saturated rings. The van der Waals surface area contributed by atoms with Gasteiger partial charge in [-0.15, -0.1) is 0 Å². The SMILES string of the molecule is CN(CC(=O)N1CCN(c2nc3ccc(Cl)cc3s2)CC1)S(C)(=O)=O. The molecule has 1 aromatic heterocycles. The molecule has 136 valence electrons. The van der Waals surface area contributed by atoms with Gasteiger partial charge >= 0.3 is 0 Å².